The van der Waals surface area contributed by atoms with Crippen LogP contribution in [0.4, 0.5) is 0 Å². The van der Waals surface area contributed by atoms with E-state index >= 15 is 0 Å². The maximum absolute atomic E-state index is 11.9. The topological polar surface area (TPSA) is 63.6 Å². The van der Waals surface area contributed by atoms with E-state index in [1.165, 1.54) is 19.9 Å². The van der Waals surface area contributed by atoms with Crippen molar-refractivity contribution in [3.8, 4) is 11.5 Å². The lowest BCUT2D eigenvalue weighted by Gasteiger charge is -2.17. The van der Waals surface area contributed by atoms with Crippen LogP contribution in [0.3, 0.4) is 0 Å². The standard InChI is InChI=1S/C16H21BrO4/c1-4-6-12-15(20)13(10(2)18)9-14(11(3)19)16(12)21-8-5-7-17/h9,20H,4-8H2,1-3H3. The Kier molecular flexibility index (Phi) is 6.89. The van der Waals surface area contributed by atoms with Crippen molar-refractivity contribution in [1.82, 2.24) is 0 Å². The van der Waals surface area contributed by atoms with Gasteiger partial charge in [0, 0.05) is 10.9 Å². The largest absolute Gasteiger partial charge is 0.507 e. The molecule has 1 aromatic rings. The van der Waals surface area contributed by atoms with Crippen molar-refractivity contribution in [3.05, 3.63) is 22.8 Å². The molecule has 0 heterocycles. The van der Waals surface area contributed by atoms with Gasteiger partial charge in [0.2, 0.25) is 0 Å². The summed E-state index contributed by atoms with van der Waals surface area (Å²) in [6.45, 7) is 5.22. The number of alkyl halides is 1. The maximum Gasteiger partial charge on any atom is 0.163 e. The molecule has 0 unspecified atom stereocenters. The number of ether oxygens (including phenoxy) is 1. The van der Waals surface area contributed by atoms with Crippen LogP contribution in [0.25, 0.3) is 0 Å². The summed E-state index contributed by atoms with van der Waals surface area (Å²) in [5.74, 6) is -0.0981. The van der Waals surface area contributed by atoms with Gasteiger partial charge >= 0.3 is 0 Å². The van der Waals surface area contributed by atoms with Crippen LogP contribution in [0.15, 0.2) is 6.07 Å². The van der Waals surface area contributed by atoms with Crippen LogP contribution in [-0.4, -0.2) is 28.6 Å². The number of phenolic OH excluding ortho intramolecular Hbond substituents is 1. The summed E-state index contributed by atoms with van der Waals surface area (Å²) in [6.07, 6.45) is 2.12. The monoisotopic (exact) mass is 356 g/mol. The molecule has 0 fully saturated rings. The molecule has 0 saturated heterocycles. The fraction of sp³-hybridized carbons (Fsp3) is 0.500. The number of phenols is 1. The van der Waals surface area contributed by atoms with Crippen LogP contribution in [0.2, 0.25) is 0 Å². The van der Waals surface area contributed by atoms with Gasteiger partial charge in [0.1, 0.15) is 11.5 Å². The van der Waals surface area contributed by atoms with E-state index in [1.54, 1.807) is 0 Å². The number of halogens is 1. The van der Waals surface area contributed by atoms with Crippen LogP contribution in [-0.2, 0) is 6.42 Å². The molecule has 0 radical (unpaired) electrons. The highest BCUT2D eigenvalue weighted by Crippen LogP contribution is 2.37. The molecule has 1 N–H and O–H groups in total. The molecule has 5 heteroatoms. The zero-order valence-electron chi connectivity index (χ0n) is 12.7. The number of aromatic hydroxyl groups is 1. The van der Waals surface area contributed by atoms with Gasteiger partial charge in [-0.25, -0.2) is 0 Å². The van der Waals surface area contributed by atoms with Gasteiger partial charge in [0.15, 0.2) is 11.6 Å². The smallest absolute Gasteiger partial charge is 0.163 e. The Morgan fingerprint density at radius 3 is 2.33 bits per heavy atom. The van der Waals surface area contributed by atoms with E-state index in [4.69, 9.17) is 4.74 Å². The maximum atomic E-state index is 11.9. The van der Waals surface area contributed by atoms with E-state index in [0.29, 0.717) is 29.9 Å². The van der Waals surface area contributed by atoms with Crippen LogP contribution < -0.4 is 4.74 Å². The van der Waals surface area contributed by atoms with Gasteiger partial charge in [-0.15, -0.1) is 0 Å². The average Bonchev–Trinajstić information content (AvgIpc) is 2.42. The predicted octanol–water partition coefficient (Wildman–Crippen LogP) is 3.91. The first kappa shape index (κ1) is 17.7. The number of Topliss-reactive ketones (excluding diaryl/α,β-unsaturated/α-hetero) is 2. The quantitative estimate of drug-likeness (QED) is 0.435. The third kappa shape index (κ3) is 4.30. The van der Waals surface area contributed by atoms with Gasteiger partial charge in [-0.1, -0.05) is 29.3 Å². The summed E-state index contributed by atoms with van der Waals surface area (Å²) < 4.78 is 5.72. The normalized spacial score (nSPS) is 10.5. The van der Waals surface area contributed by atoms with Crippen molar-refractivity contribution >= 4 is 27.5 Å². The third-order valence-electron chi connectivity index (χ3n) is 3.13. The molecule has 1 aromatic carbocycles. The number of ketones is 2. The Bertz CT molecular complexity index is 538. The van der Waals surface area contributed by atoms with E-state index in [2.05, 4.69) is 15.9 Å². The van der Waals surface area contributed by atoms with Crippen LogP contribution in [0.1, 0.15) is 59.9 Å². The minimum atomic E-state index is -0.264. The molecule has 1 rings (SSSR count). The number of rotatable bonds is 8. The summed E-state index contributed by atoms with van der Waals surface area (Å²) >= 11 is 3.32. The zero-order valence-corrected chi connectivity index (χ0v) is 14.2. The molecule has 0 aliphatic rings. The Morgan fingerprint density at radius 2 is 1.86 bits per heavy atom. The molecule has 0 aliphatic heterocycles. The van der Waals surface area contributed by atoms with Crippen LogP contribution in [0.5, 0.6) is 11.5 Å². The summed E-state index contributed by atoms with van der Waals surface area (Å²) in [7, 11) is 0. The van der Waals surface area contributed by atoms with Crippen LogP contribution in [0, 0.1) is 0 Å². The highest BCUT2D eigenvalue weighted by atomic mass is 79.9. The Labute approximate surface area is 133 Å². The summed E-state index contributed by atoms with van der Waals surface area (Å²) in [5.41, 5.74) is 1.08. The third-order valence-corrected chi connectivity index (χ3v) is 3.69. The molecule has 0 aliphatic carbocycles. The van der Waals surface area contributed by atoms with E-state index in [-0.39, 0.29) is 22.9 Å². The zero-order chi connectivity index (χ0) is 16.0. The molecule has 21 heavy (non-hydrogen) atoms. The highest BCUT2D eigenvalue weighted by molar-refractivity contribution is 9.09. The second kappa shape index (κ2) is 8.17. The molecule has 0 saturated carbocycles. The summed E-state index contributed by atoms with van der Waals surface area (Å²) in [5, 5.41) is 11.1. The first-order valence-corrected chi connectivity index (χ1v) is 8.15. The van der Waals surface area contributed by atoms with E-state index < -0.39 is 0 Å². The molecule has 0 spiro atoms. The van der Waals surface area contributed by atoms with Crippen molar-refractivity contribution in [2.45, 2.75) is 40.0 Å². The lowest BCUT2D eigenvalue weighted by molar-refractivity contribution is 0.101. The number of hydrogen-bond acceptors (Lipinski definition) is 4. The molecule has 0 atom stereocenters. The molecule has 4 nitrogen and oxygen atoms in total. The predicted molar refractivity (Wildman–Crippen MR) is 86.0 cm³/mol. The van der Waals surface area contributed by atoms with Gasteiger partial charge in [-0.2, -0.15) is 0 Å². The minimum absolute atomic E-state index is 0.0665. The summed E-state index contributed by atoms with van der Waals surface area (Å²) in [4.78, 5) is 23.5. The SMILES string of the molecule is CCCc1c(O)c(C(C)=O)cc(C(C)=O)c1OCCCBr. The van der Waals surface area contributed by atoms with Gasteiger partial charge in [0.25, 0.3) is 0 Å². The molecule has 0 bridgehead atoms. The Morgan fingerprint density at radius 1 is 1.24 bits per heavy atom. The van der Waals surface area contributed by atoms with Crippen molar-refractivity contribution in [2.75, 3.05) is 11.9 Å². The summed E-state index contributed by atoms with van der Waals surface area (Å²) in [6, 6.07) is 1.43. The van der Waals surface area contributed by atoms with Crippen molar-refractivity contribution < 1.29 is 19.4 Å². The van der Waals surface area contributed by atoms with Gasteiger partial charge in [-0.05, 0) is 32.8 Å². The van der Waals surface area contributed by atoms with Crippen molar-refractivity contribution in [2.24, 2.45) is 0 Å². The Hall–Kier alpha value is -1.36. The van der Waals surface area contributed by atoms with Gasteiger partial charge in [0.05, 0.1) is 17.7 Å². The number of carbonyl (C=O) groups is 2. The highest BCUT2D eigenvalue weighted by Gasteiger charge is 2.22. The lowest BCUT2D eigenvalue weighted by atomic mass is 9.95. The first-order chi connectivity index (χ1) is 9.93. The average molecular weight is 357 g/mol. The second-order valence-electron chi connectivity index (χ2n) is 4.88. The van der Waals surface area contributed by atoms with Gasteiger partial charge in [-0.3, -0.25) is 9.59 Å². The Balaban J connectivity index is 3.44. The number of carbonyl (C=O) groups excluding carboxylic acids is 2. The van der Waals surface area contributed by atoms with Crippen LogP contribution >= 0.6 is 15.9 Å². The molecular weight excluding hydrogens is 336 g/mol. The molecule has 116 valence electrons. The fourth-order valence-corrected chi connectivity index (χ4v) is 2.35. The minimum Gasteiger partial charge on any atom is -0.507 e. The molecule has 0 aromatic heterocycles. The van der Waals surface area contributed by atoms with E-state index in [1.807, 2.05) is 6.92 Å². The van der Waals surface area contributed by atoms with Crippen molar-refractivity contribution in [1.29, 1.82) is 0 Å². The van der Waals surface area contributed by atoms with E-state index in [9.17, 15) is 14.7 Å². The first-order valence-electron chi connectivity index (χ1n) is 7.03. The van der Waals surface area contributed by atoms with E-state index in [0.717, 1.165) is 18.2 Å². The van der Waals surface area contributed by atoms with Crippen molar-refractivity contribution in [3.63, 3.8) is 0 Å². The number of hydrogen-bond donors (Lipinski definition) is 1. The number of benzene rings is 1. The second-order valence-corrected chi connectivity index (χ2v) is 5.67. The van der Waals surface area contributed by atoms with Gasteiger partial charge < -0.3 is 9.84 Å². The molecule has 0 amide bonds. The fourth-order valence-electron chi connectivity index (χ4n) is 2.12. The molecular formula is C16H21BrO4. The lowest BCUT2D eigenvalue weighted by Crippen LogP contribution is -2.09.